The number of nitrogens with one attached hydrogen (secondary N) is 1. The molecule has 0 unspecified atom stereocenters. The van der Waals surface area contributed by atoms with Gasteiger partial charge in [-0.05, 0) is 65.7 Å². The Hall–Kier alpha value is -4.79. The Morgan fingerprint density at radius 1 is 0.810 bits per heavy atom. The number of carbonyl (C=O) groups excluding carboxylic acids is 3. The highest BCUT2D eigenvalue weighted by Crippen LogP contribution is 2.31. The molecule has 0 aliphatic carbocycles. The molecule has 4 amide bonds. The molecule has 10 heteroatoms. The Morgan fingerprint density at radius 3 is 2.29 bits per heavy atom. The van der Waals surface area contributed by atoms with E-state index in [1.165, 1.54) is 13.2 Å². The van der Waals surface area contributed by atoms with Crippen LogP contribution in [0.5, 0.6) is 17.2 Å². The number of barbiturate groups is 1. The molecule has 1 N–H and O–H groups in total. The topological polar surface area (TPSA) is 94.2 Å². The second kappa shape index (κ2) is 12.8. The standard InChI is InChI=1S/C32H24Cl2N2O6/c1-40-29-16-21(7-14-28(29)42-18-20-5-3-2-4-6-20)15-26-30(37)35-32(39)36(31(26)38)24-10-12-25(13-11-24)41-19-22-8-9-23(33)17-27(22)34/h2-17H,18-19H2,1H3,(H,35,37,39)/b26-15+. The molecule has 4 aromatic carbocycles. The summed E-state index contributed by atoms with van der Waals surface area (Å²) in [5.74, 6) is -0.158. The summed E-state index contributed by atoms with van der Waals surface area (Å²) in [5, 5.41) is 3.22. The van der Waals surface area contributed by atoms with Gasteiger partial charge in [0.1, 0.15) is 24.5 Å². The fourth-order valence-corrected chi connectivity index (χ4v) is 4.64. The Kier molecular flexibility index (Phi) is 8.76. The van der Waals surface area contributed by atoms with Crippen LogP contribution in [0.4, 0.5) is 10.5 Å². The lowest BCUT2D eigenvalue weighted by molar-refractivity contribution is -0.122. The van der Waals surface area contributed by atoms with Crippen molar-refractivity contribution in [2.24, 2.45) is 0 Å². The van der Waals surface area contributed by atoms with E-state index in [0.717, 1.165) is 16.0 Å². The van der Waals surface area contributed by atoms with Gasteiger partial charge in [0.2, 0.25) is 0 Å². The van der Waals surface area contributed by atoms with E-state index >= 15 is 0 Å². The summed E-state index contributed by atoms with van der Waals surface area (Å²) >= 11 is 12.1. The monoisotopic (exact) mass is 602 g/mol. The van der Waals surface area contributed by atoms with Crippen molar-refractivity contribution in [3.05, 3.63) is 123 Å². The van der Waals surface area contributed by atoms with Crippen LogP contribution in [-0.4, -0.2) is 25.0 Å². The van der Waals surface area contributed by atoms with Gasteiger partial charge >= 0.3 is 6.03 Å². The van der Waals surface area contributed by atoms with Crippen LogP contribution in [0.15, 0.2) is 96.6 Å². The first-order valence-corrected chi connectivity index (χ1v) is 13.5. The zero-order valence-electron chi connectivity index (χ0n) is 22.3. The van der Waals surface area contributed by atoms with Gasteiger partial charge in [-0.3, -0.25) is 14.9 Å². The number of methoxy groups -OCH3 is 1. The summed E-state index contributed by atoms with van der Waals surface area (Å²) in [6.45, 7) is 0.535. The molecule has 0 spiro atoms. The third-order valence-electron chi connectivity index (χ3n) is 6.34. The molecule has 5 rings (SSSR count). The molecule has 4 aromatic rings. The molecule has 8 nitrogen and oxygen atoms in total. The van der Waals surface area contributed by atoms with Crippen molar-refractivity contribution >= 4 is 52.8 Å². The third-order valence-corrected chi connectivity index (χ3v) is 6.93. The molecule has 0 radical (unpaired) electrons. The van der Waals surface area contributed by atoms with Gasteiger partial charge in [0.05, 0.1) is 12.8 Å². The van der Waals surface area contributed by atoms with Gasteiger partial charge in [-0.1, -0.05) is 65.7 Å². The van der Waals surface area contributed by atoms with Crippen molar-refractivity contribution in [2.75, 3.05) is 12.0 Å². The quantitative estimate of drug-likeness (QED) is 0.167. The highest BCUT2D eigenvalue weighted by Gasteiger charge is 2.36. The van der Waals surface area contributed by atoms with Crippen LogP contribution >= 0.6 is 23.2 Å². The number of imide groups is 2. The van der Waals surface area contributed by atoms with E-state index in [1.54, 1.807) is 60.7 Å². The van der Waals surface area contributed by atoms with E-state index in [1.807, 2.05) is 30.3 Å². The van der Waals surface area contributed by atoms with E-state index in [2.05, 4.69) is 5.32 Å². The van der Waals surface area contributed by atoms with E-state index in [-0.39, 0.29) is 17.9 Å². The predicted molar refractivity (Wildman–Crippen MR) is 160 cm³/mol. The summed E-state index contributed by atoms with van der Waals surface area (Å²) in [5.41, 5.74) is 2.29. The van der Waals surface area contributed by atoms with E-state index < -0.39 is 17.8 Å². The molecule has 1 fully saturated rings. The van der Waals surface area contributed by atoms with Gasteiger partial charge in [0.15, 0.2) is 11.5 Å². The van der Waals surface area contributed by atoms with E-state index in [4.69, 9.17) is 37.4 Å². The maximum absolute atomic E-state index is 13.4. The van der Waals surface area contributed by atoms with Gasteiger partial charge in [0.25, 0.3) is 11.8 Å². The highest BCUT2D eigenvalue weighted by molar-refractivity contribution is 6.39. The smallest absolute Gasteiger partial charge is 0.335 e. The molecule has 1 aliphatic heterocycles. The average Bonchev–Trinajstić information content (AvgIpc) is 2.99. The lowest BCUT2D eigenvalue weighted by atomic mass is 10.1. The Morgan fingerprint density at radius 2 is 1.57 bits per heavy atom. The fraction of sp³-hybridized carbons (Fsp3) is 0.0938. The summed E-state index contributed by atoms with van der Waals surface area (Å²) in [6, 6.07) is 25.3. The minimum Gasteiger partial charge on any atom is -0.493 e. The summed E-state index contributed by atoms with van der Waals surface area (Å²) < 4.78 is 17.1. The Balaban J connectivity index is 1.31. The number of rotatable bonds is 9. The molecule has 1 aliphatic rings. The Labute approximate surface area is 252 Å². The van der Waals surface area contributed by atoms with Crippen molar-refractivity contribution in [2.45, 2.75) is 13.2 Å². The number of hydrogen-bond donors (Lipinski definition) is 1. The number of halogens is 2. The van der Waals surface area contributed by atoms with Crippen molar-refractivity contribution in [1.29, 1.82) is 0 Å². The highest BCUT2D eigenvalue weighted by atomic mass is 35.5. The van der Waals surface area contributed by atoms with E-state index in [9.17, 15) is 14.4 Å². The van der Waals surface area contributed by atoms with Gasteiger partial charge in [-0.2, -0.15) is 0 Å². The van der Waals surface area contributed by atoms with Gasteiger partial charge in [0, 0.05) is 15.6 Å². The number of hydrogen-bond acceptors (Lipinski definition) is 6. The Bertz CT molecular complexity index is 1670. The fourth-order valence-electron chi connectivity index (χ4n) is 4.18. The number of ether oxygens (including phenoxy) is 3. The predicted octanol–water partition coefficient (Wildman–Crippen LogP) is 6.83. The maximum Gasteiger partial charge on any atom is 0.335 e. The van der Waals surface area contributed by atoms with Crippen LogP contribution in [-0.2, 0) is 22.8 Å². The maximum atomic E-state index is 13.4. The zero-order valence-corrected chi connectivity index (χ0v) is 23.8. The first-order chi connectivity index (χ1) is 20.3. The number of benzene rings is 4. The summed E-state index contributed by atoms with van der Waals surface area (Å²) in [6.07, 6.45) is 1.40. The van der Waals surface area contributed by atoms with Crippen molar-refractivity contribution < 1.29 is 28.6 Å². The number of amides is 4. The van der Waals surface area contributed by atoms with Crippen LogP contribution in [0.25, 0.3) is 6.08 Å². The SMILES string of the molecule is COc1cc(/C=C2\C(=O)NC(=O)N(c3ccc(OCc4ccc(Cl)cc4Cl)cc3)C2=O)ccc1OCc1ccccc1. The normalized spacial score (nSPS) is 14.1. The molecule has 1 saturated heterocycles. The van der Waals surface area contributed by atoms with Gasteiger partial charge in [-0.15, -0.1) is 0 Å². The minimum atomic E-state index is -0.856. The molecule has 0 atom stereocenters. The van der Waals surface area contributed by atoms with Crippen molar-refractivity contribution in [3.63, 3.8) is 0 Å². The van der Waals surface area contributed by atoms with Crippen molar-refractivity contribution in [3.8, 4) is 17.2 Å². The van der Waals surface area contributed by atoms with Crippen molar-refractivity contribution in [1.82, 2.24) is 5.32 Å². The average molecular weight is 603 g/mol. The number of carbonyl (C=O) groups is 3. The first kappa shape index (κ1) is 28.7. The lowest BCUT2D eigenvalue weighted by Gasteiger charge is -2.26. The molecule has 0 saturated carbocycles. The second-order valence-corrected chi connectivity index (χ2v) is 10.0. The van der Waals surface area contributed by atoms with Crippen LogP contribution in [0.1, 0.15) is 16.7 Å². The summed E-state index contributed by atoms with van der Waals surface area (Å²) in [4.78, 5) is 39.6. The van der Waals surface area contributed by atoms with Gasteiger partial charge in [-0.25, -0.2) is 9.69 Å². The summed E-state index contributed by atoms with van der Waals surface area (Å²) in [7, 11) is 1.50. The molecular weight excluding hydrogens is 579 g/mol. The molecule has 0 bridgehead atoms. The number of anilines is 1. The lowest BCUT2D eigenvalue weighted by Crippen LogP contribution is -2.54. The van der Waals surface area contributed by atoms with Crippen LogP contribution in [0.2, 0.25) is 10.0 Å². The number of nitrogens with zero attached hydrogens (tertiary/aromatic N) is 1. The number of urea groups is 1. The molecule has 212 valence electrons. The zero-order chi connectivity index (χ0) is 29.6. The van der Waals surface area contributed by atoms with Crippen LogP contribution in [0.3, 0.4) is 0 Å². The molecule has 0 aromatic heterocycles. The first-order valence-electron chi connectivity index (χ1n) is 12.8. The second-order valence-electron chi connectivity index (χ2n) is 9.16. The molecule has 1 heterocycles. The minimum absolute atomic E-state index is 0.194. The van der Waals surface area contributed by atoms with Crippen LogP contribution < -0.4 is 24.4 Å². The van der Waals surface area contributed by atoms with Gasteiger partial charge < -0.3 is 14.2 Å². The van der Waals surface area contributed by atoms with Crippen LogP contribution in [0, 0.1) is 0 Å². The largest absolute Gasteiger partial charge is 0.493 e. The van der Waals surface area contributed by atoms with E-state index in [0.29, 0.717) is 39.5 Å². The third kappa shape index (κ3) is 6.57. The molecule has 42 heavy (non-hydrogen) atoms. The molecular formula is C32H24Cl2N2O6.